The Labute approximate surface area is 217 Å². The standard InChI is InChI=1S/C25H43N3O4S3/c1-4-6-7-8-9-10-11-12-13-14-15-16-17-18-19-27-34(29,30)24-20-22-23(26-5-2)21-28(3)35(31,32)25(22)33-24/h10-11,19-20,23,26H,4-9,12-18,21H2,1-3H3/b11-10+,27-19?/t23-/m0/s1. The Kier molecular flexibility index (Phi) is 13.1. The fourth-order valence-corrected chi connectivity index (χ4v) is 8.64. The van der Waals surface area contributed by atoms with Crippen molar-refractivity contribution in [1.29, 1.82) is 0 Å². The van der Waals surface area contributed by atoms with Gasteiger partial charge in [-0.3, -0.25) is 0 Å². The van der Waals surface area contributed by atoms with Crippen molar-refractivity contribution in [2.45, 2.75) is 105 Å². The van der Waals surface area contributed by atoms with Gasteiger partial charge in [0.15, 0.2) is 0 Å². The van der Waals surface area contributed by atoms with Crippen molar-refractivity contribution in [2.24, 2.45) is 4.40 Å². The predicted molar refractivity (Wildman–Crippen MR) is 146 cm³/mol. The van der Waals surface area contributed by atoms with Crippen LogP contribution in [0.4, 0.5) is 0 Å². The molecule has 0 spiro atoms. The summed E-state index contributed by atoms with van der Waals surface area (Å²) < 4.78 is 56.0. The molecule has 0 saturated heterocycles. The molecule has 1 atom stereocenters. The molecule has 200 valence electrons. The normalized spacial score (nSPS) is 18.5. The largest absolute Gasteiger partial charge is 0.309 e. The maximum Gasteiger partial charge on any atom is 0.291 e. The molecule has 0 amide bonds. The van der Waals surface area contributed by atoms with Gasteiger partial charge in [-0.25, -0.2) is 8.42 Å². The van der Waals surface area contributed by atoms with Crippen molar-refractivity contribution < 1.29 is 16.8 Å². The summed E-state index contributed by atoms with van der Waals surface area (Å²) in [5.74, 6) is 0. The molecule has 1 aromatic rings. The third-order valence-electron chi connectivity index (χ3n) is 6.18. The molecular formula is C25H43N3O4S3. The van der Waals surface area contributed by atoms with Gasteiger partial charge in [0.2, 0.25) is 0 Å². The van der Waals surface area contributed by atoms with Gasteiger partial charge in [0.1, 0.15) is 8.42 Å². The van der Waals surface area contributed by atoms with E-state index >= 15 is 0 Å². The summed E-state index contributed by atoms with van der Waals surface area (Å²) >= 11 is 0.793. The smallest absolute Gasteiger partial charge is 0.291 e. The van der Waals surface area contributed by atoms with Crippen LogP contribution in [0, 0.1) is 0 Å². The van der Waals surface area contributed by atoms with Crippen molar-refractivity contribution in [1.82, 2.24) is 9.62 Å². The highest BCUT2D eigenvalue weighted by Crippen LogP contribution is 2.40. The van der Waals surface area contributed by atoms with E-state index < -0.39 is 20.0 Å². The second-order valence-electron chi connectivity index (χ2n) is 9.13. The lowest BCUT2D eigenvalue weighted by atomic mass is 10.1. The summed E-state index contributed by atoms with van der Waals surface area (Å²) in [5.41, 5.74) is 0.523. The van der Waals surface area contributed by atoms with Crippen molar-refractivity contribution in [3.63, 3.8) is 0 Å². The average Bonchev–Trinajstić information content (AvgIpc) is 3.28. The quantitative estimate of drug-likeness (QED) is 0.146. The van der Waals surface area contributed by atoms with E-state index in [0.717, 1.165) is 37.0 Å². The first kappa shape index (κ1) is 30.2. The number of nitrogens with one attached hydrogen (secondary N) is 1. The number of nitrogens with zero attached hydrogens (tertiary/aromatic N) is 2. The minimum absolute atomic E-state index is 0.0149. The molecule has 35 heavy (non-hydrogen) atoms. The molecule has 7 nitrogen and oxygen atoms in total. The van der Waals surface area contributed by atoms with Crippen molar-refractivity contribution in [2.75, 3.05) is 20.1 Å². The summed E-state index contributed by atoms with van der Waals surface area (Å²) in [6.45, 7) is 5.10. The summed E-state index contributed by atoms with van der Waals surface area (Å²) in [6.07, 6.45) is 19.7. The molecule has 0 radical (unpaired) electrons. The third-order valence-corrected chi connectivity index (χ3v) is 11.4. The lowest BCUT2D eigenvalue weighted by Gasteiger charge is -2.29. The van der Waals surface area contributed by atoms with E-state index in [2.05, 4.69) is 28.8 Å². The summed E-state index contributed by atoms with van der Waals surface area (Å²) in [6, 6.07) is 1.25. The molecule has 0 aromatic carbocycles. The number of hydrogen-bond acceptors (Lipinski definition) is 6. The Morgan fingerprint density at radius 3 is 2.26 bits per heavy atom. The zero-order chi connectivity index (χ0) is 25.7. The molecular weight excluding hydrogens is 502 g/mol. The van der Waals surface area contributed by atoms with Gasteiger partial charge in [-0.05, 0) is 51.1 Å². The Balaban J connectivity index is 1.74. The lowest BCUT2D eigenvalue weighted by molar-refractivity contribution is 0.385. The number of unbranched alkanes of at least 4 members (excludes halogenated alkanes) is 10. The first-order valence-corrected chi connectivity index (χ1v) is 16.7. The first-order valence-electron chi connectivity index (χ1n) is 13.0. The van der Waals surface area contributed by atoms with Crippen LogP contribution in [0.3, 0.4) is 0 Å². The number of likely N-dealkylation sites (N-methyl/N-ethyl adjacent to an activating group) is 2. The van der Waals surface area contributed by atoms with Crippen LogP contribution in [0.25, 0.3) is 0 Å². The molecule has 0 aliphatic carbocycles. The predicted octanol–water partition coefficient (Wildman–Crippen LogP) is 6.05. The van der Waals surface area contributed by atoms with Crippen LogP contribution in [0.2, 0.25) is 0 Å². The van der Waals surface area contributed by atoms with Gasteiger partial charge in [-0.1, -0.05) is 64.5 Å². The Morgan fingerprint density at radius 1 is 1.03 bits per heavy atom. The van der Waals surface area contributed by atoms with E-state index in [4.69, 9.17) is 0 Å². The SMILES string of the molecule is CCCCCC/C=C/CCCCCCCC=NS(=O)(=O)c1cc2c(s1)S(=O)(=O)N(C)C[C@@H]2NCC. The highest BCUT2D eigenvalue weighted by Gasteiger charge is 2.38. The van der Waals surface area contributed by atoms with Gasteiger partial charge >= 0.3 is 0 Å². The van der Waals surface area contributed by atoms with Crippen molar-refractivity contribution >= 4 is 37.6 Å². The summed E-state index contributed by atoms with van der Waals surface area (Å²) in [7, 11) is -6.06. The Hall–Kier alpha value is -1.07. The van der Waals surface area contributed by atoms with Crippen molar-refractivity contribution in [3.05, 3.63) is 23.8 Å². The highest BCUT2D eigenvalue weighted by molar-refractivity contribution is 7.94. The van der Waals surface area contributed by atoms with Crippen LogP contribution in [0.5, 0.6) is 0 Å². The van der Waals surface area contributed by atoms with E-state index in [9.17, 15) is 16.8 Å². The molecule has 1 aliphatic rings. The fraction of sp³-hybridized carbons (Fsp3) is 0.720. The zero-order valence-electron chi connectivity index (χ0n) is 21.5. The number of fused-ring (bicyclic) bond motifs is 1. The molecule has 0 bridgehead atoms. The third kappa shape index (κ3) is 9.39. The monoisotopic (exact) mass is 545 g/mol. The summed E-state index contributed by atoms with van der Waals surface area (Å²) in [5, 5.41) is 3.24. The van der Waals surface area contributed by atoms with Crippen LogP contribution in [0.15, 0.2) is 31.0 Å². The van der Waals surface area contributed by atoms with Crippen LogP contribution in [-0.4, -0.2) is 47.5 Å². The highest BCUT2D eigenvalue weighted by atomic mass is 32.3. The fourth-order valence-electron chi connectivity index (χ4n) is 4.11. The molecule has 0 fully saturated rings. The van der Waals surface area contributed by atoms with Crippen LogP contribution >= 0.6 is 11.3 Å². The second-order valence-corrected chi connectivity index (χ2v) is 14.3. The maximum absolute atomic E-state index is 12.7. The number of rotatable bonds is 17. The lowest BCUT2D eigenvalue weighted by Crippen LogP contribution is -2.40. The molecule has 0 saturated carbocycles. The van der Waals surface area contributed by atoms with Gasteiger partial charge in [-0.15, -0.1) is 11.3 Å². The number of sulfonamides is 2. The van der Waals surface area contributed by atoms with E-state index in [1.807, 2.05) is 6.92 Å². The van der Waals surface area contributed by atoms with Crippen LogP contribution < -0.4 is 5.32 Å². The van der Waals surface area contributed by atoms with Crippen LogP contribution in [0.1, 0.15) is 103 Å². The molecule has 1 N–H and O–H groups in total. The molecule has 10 heteroatoms. The van der Waals surface area contributed by atoms with Gasteiger partial charge in [0.25, 0.3) is 20.0 Å². The van der Waals surface area contributed by atoms with Crippen LogP contribution in [-0.2, 0) is 20.0 Å². The van der Waals surface area contributed by atoms with Crippen molar-refractivity contribution in [3.8, 4) is 0 Å². The summed E-state index contributed by atoms with van der Waals surface area (Å²) in [4.78, 5) is 0. The van der Waals surface area contributed by atoms with Gasteiger partial charge in [0.05, 0.1) is 0 Å². The Morgan fingerprint density at radius 2 is 1.63 bits per heavy atom. The Bertz CT molecular complexity index is 1030. The number of allylic oxidation sites excluding steroid dienone is 2. The topological polar surface area (TPSA) is 95.9 Å². The molecule has 2 heterocycles. The minimum Gasteiger partial charge on any atom is -0.309 e. The second kappa shape index (κ2) is 15.2. The maximum atomic E-state index is 12.7. The van der Waals surface area contributed by atoms with E-state index in [1.165, 1.54) is 68.6 Å². The van der Waals surface area contributed by atoms with Gasteiger partial charge < -0.3 is 5.32 Å². The molecule has 1 aromatic heterocycles. The van der Waals surface area contributed by atoms with Gasteiger partial charge in [-0.2, -0.15) is 17.1 Å². The number of thiophene rings is 1. The molecule has 2 rings (SSSR count). The zero-order valence-corrected chi connectivity index (χ0v) is 24.0. The van der Waals surface area contributed by atoms with E-state index in [-0.39, 0.29) is 21.0 Å². The first-order chi connectivity index (χ1) is 16.7. The van der Waals surface area contributed by atoms with E-state index in [1.54, 1.807) is 0 Å². The molecule has 1 aliphatic heterocycles. The van der Waals surface area contributed by atoms with E-state index in [0.29, 0.717) is 18.5 Å². The van der Waals surface area contributed by atoms with Gasteiger partial charge in [0, 0.05) is 31.4 Å². The minimum atomic E-state index is -3.91. The number of hydrogen-bond donors (Lipinski definition) is 1. The molecule has 0 unspecified atom stereocenters. The average molecular weight is 546 g/mol.